The Balaban J connectivity index is 2.86. The van der Waals surface area contributed by atoms with Crippen LogP contribution in [0.1, 0.15) is 5.56 Å². The number of halogens is 1. The second-order valence-corrected chi connectivity index (χ2v) is 3.89. The summed E-state index contributed by atoms with van der Waals surface area (Å²) >= 11 is 5.96. The van der Waals surface area contributed by atoms with Crippen LogP contribution in [0, 0.1) is 11.3 Å². The molecule has 0 spiro atoms. The molecule has 0 atom stereocenters. The van der Waals surface area contributed by atoms with Gasteiger partial charge in [-0.05, 0) is 18.2 Å². The SMILES string of the molecule is COCCN(CCO)c1ccc(C#N)c(Cl)c1. The van der Waals surface area contributed by atoms with Crippen molar-refractivity contribution in [3.63, 3.8) is 0 Å². The molecule has 0 bridgehead atoms. The van der Waals surface area contributed by atoms with Crippen molar-refractivity contribution in [2.75, 3.05) is 38.3 Å². The van der Waals surface area contributed by atoms with E-state index in [9.17, 15) is 0 Å². The maximum absolute atomic E-state index is 9.00. The van der Waals surface area contributed by atoms with Crippen LogP contribution in [0.4, 0.5) is 5.69 Å². The molecule has 5 heteroatoms. The number of aliphatic hydroxyl groups is 1. The Hall–Kier alpha value is -1.28. The first-order valence-electron chi connectivity index (χ1n) is 5.27. The smallest absolute Gasteiger partial charge is 0.101 e. The number of ether oxygens (including phenoxy) is 1. The molecule has 4 nitrogen and oxygen atoms in total. The zero-order valence-electron chi connectivity index (χ0n) is 9.69. The molecule has 0 radical (unpaired) electrons. The summed E-state index contributed by atoms with van der Waals surface area (Å²) in [6.45, 7) is 1.80. The minimum absolute atomic E-state index is 0.0569. The number of rotatable bonds is 6. The van der Waals surface area contributed by atoms with Crippen LogP contribution in [0.5, 0.6) is 0 Å². The molecule has 0 aliphatic carbocycles. The molecule has 1 N–H and O–H groups in total. The molecule has 0 heterocycles. The van der Waals surface area contributed by atoms with Gasteiger partial charge in [0.1, 0.15) is 6.07 Å². The van der Waals surface area contributed by atoms with Crippen LogP contribution in [0.15, 0.2) is 18.2 Å². The van der Waals surface area contributed by atoms with Crippen molar-refractivity contribution in [2.24, 2.45) is 0 Å². The second kappa shape index (κ2) is 7.13. The Labute approximate surface area is 106 Å². The highest BCUT2D eigenvalue weighted by atomic mass is 35.5. The summed E-state index contributed by atoms with van der Waals surface area (Å²) in [6.07, 6.45) is 0. The molecular weight excluding hydrogens is 240 g/mol. The number of aliphatic hydroxyl groups excluding tert-OH is 1. The van der Waals surface area contributed by atoms with Gasteiger partial charge < -0.3 is 14.7 Å². The quantitative estimate of drug-likeness (QED) is 0.839. The second-order valence-electron chi connectivity index (χ2n) is 3.48. The Kier molecular flexibility index (Phi) is 5.78. The van der Waals surface area contributed by atoms with E-state index >= 15 is 0 Å². The van der Waals surface area contributed by atoms with Crippen LogP contribution >= 0.6 is 11.6 Å². The standard InChI is InChI=1S/C12H15ClN2O2/c1-17-7-5-15(4-6-16)11-3-2-10(9-14)12(13)8-11/h2-3,8,16H,4-7H2,1H3. The largest absolute Gasteiger partial charge is 0.395 e. The molecule has 1 aromatic rings. The zero-order valence-corrected chi connectivity index (χ0v) is 10.4. The molecular formula is C12H15ClN2O2. The third-order valence-electron chi connectivity index (χ3n) is 2.37. The number of hydrogen-bond donors (Lipinski definition) is 1. The van der Waals surface area contributed by atoms with Crippen molar-refractivity contribution in [3.05, 3.63) is 28.8 Å². The highest BCUT2D eigenvalue weighted by molar-refractivity contribution is 6.32. The minimum atomic E-state index is 0.0569. The number of anilines is 1. The van der Waals surface area contributed by atoms with Gasteiger partial charge in [-0.2, -0.15) is 5.26 Å². The van der Waals surface area contributed by atoms with Crippen molar-refractivity contribution in [3.8, 4) is 6.07 Å². The van der Waals surface area contributed by atoms with Crippen molar-refractivity contribution in [1.82, 2.24) is 0 Å². The van der Waals surface area contributed by atoms with Crippen LogP contribution in [-0.2, 0) is 4.74 Å². The van der Waals surface area contributed by atoms with Gasteiger partial charge in [0.25, 0.3) is 0 Å². The molecule has 0 aliphatic heterocycles. The normalized spacial score (nSPS) is 10.0. The fraction of sp³-hybridized carbons (Fsp3) is 0.417. The summed E-state index contributed by atoms with van der Waals surface area (Å²) in [5.41, 5.74) is 1.33. The number of hydrogen-bond acceptors (Lipinski definition) is 4. The van der Waals surface area contributed by atoms with Gasteiger partial charge in [-0.1, -0.05) is 11.6 Å². The van der Waals surface area contributed by atoms with E-state index in [-0.39, 0.29) is 6.61 Å². The highest BCUT2D eigenvalue weighted by Gasteiger charge is 2.08. The van der Waals surface area contributed by atoms with Crippen LogP contribution in [0.2, 0.25) is 5.02 Å². The fourth-order valence-corrected chi connectivity index (χ4v) is 1.70. The first-order valence-corrected chi connectivity index (χ1v) is 5.65. The monoisotopic (exact) mass is 254 g/mol. The van der Waals surface area contributed by atoms with E-state index in [0.29, 0.717) is 30.3 Å². The third-order valence-corrected chi connectivity index (χ3v) is 2.69. The molecule has 0 amide bonds. The molecule has 0 aliphatic rings. The lowest BCUT2D eigenvalue weighted by Gasteiger charge is -2.23. The Morgan fingerprint density at radius 2 is 2.24 bits per heavy atom. The summed E-state index contributed by atoms with van der Waals surface area (Å²) < 4.78 is 5.01. The van der Waals surface area contributed by atoms with Gasteiger partial charge in [0.15, 0.2) is 0 Å². The molecule has 1 aromatic carbocycles. The van der Waals surface area contributed by atoms with Crippen LogP contribution in [0.25, 0.3) is 0 Å². The predicted octanol–water partition coefficient (Wildman–Crippen LogP) is 1.66. The fourth-order valence-electron chi connectivity index (χ4n) is 1.48. The lowest BCUT2D eigenvalue weighted by atomic mass is 10.2. The van der Waals surface area contributed by atoms with Crippen molar-refractivity contribution in [2.45, 2.75) is 0 Å². The van der Waals surface area contributed by atoms with Crippen molar-refractivity contribution < 1.29 is 9.84 Å². The van der Waals surface area contributed by atoms with E-state index in [1.807, 2.05) is 17.0 Å². The number of benzene rings is 1. The van der Waals surface area contributed by atoms with E-state index in [0.717, 1.165) is 5.69 Å². The lowest BCUT2D eigenvalue weighted by Crippen LogP contribution is -2.30. The van der Waals surface area contributed by atoms with Crippen molar-refractivity contribution >= 4 is 17.3 Å². The topological polar surface area (TPSA) is 56.5 Å². The minimum Gasteiger partial charge on any atom is -0.395 e. The van der Waals surface area contributed by atoms with Gasteiger partial charge in [-0.25, -0.2) is 0 Å². The average molecular weight is 255 g/mol. The maximum atomic E-state index is 9.00. The van der Waals surface area contributed by atoms with Crippen LogP contribution in [-0.4, -0.2) is 38.5 Å². The molecule has 0 saturated heterocycles. The zero-order chi connectivity index (χ0) is 12.7. The predicted molar refractivity (Wildman–Crippen MR) is 67.3 cm³/mol. The Bertz CT molecular complexity index is 404. The number of nitrogens with zero attached hydrogens (tertiary/aromatic N) is 2. The molecule has 92 valence electrons. The van der Waals surface area contributed by atoms with Crippen LogP contribution in [0.3, 0.4) is 0 Å². The van der Waals surface area contributed by atoms with Crippen molar-refractivity contribution in [1.29, 1.82) is 5.26 Å². The summed E-state index contributed by atoms with van der Waals surface area (Å²) in [5.74, 6) is 0. The van der Waals surface area contributed by atoms with Gasteiger partial charge in [0, 0.05) is 25.9 Å². The molecule has 0 fully saturated rings. The molecule has 0 aromatic heterocycles. The third kappa shape index (κ3) is 3.90. The molecule has 0 unspecified atom stereocenters. The van der Waals surface area contributed by atoms with Gasteiger partial charge in [0.05, 0.1) is 23.8 Å². The summed E-state index contributed by atoms with van der Waals surface area (Å²) in [7, 11) is 1.63. The first-order chi connectivity index (χ1) is 8.22. The number of nitriles is 1. The van der Waals surface area contributed by atoms with Gasteiger partial charge in [-0.3, -0.25) is 0 Å². The summed E-state index contributed by atoms with van der Waals surface area (Å²) in [6, 6.07) is 7.23. The molecule has 0 saturated carbocycles. The van der Waals surface area contributed by atoms with E-state index in [1.54, 1.807) is 19.2 Å². The maximum Gasteiger partial charge on any atom is 0.101 e. The molecule has 17 heavy (non-hydrogen) atoms. The van der Waals surface area contributed by atoms with E-state index in [4.69, 9.17) is 26.7 Å². The highest BCUT2D eigenvalue weighted by Crippen LogP contribution is 2.23. The Morgan fingerprint density at radius 3 is 2.76 bits per heavy atom. The van der Waals surface area contributed by atoms with Gasteiger partial charge in [-0.15, -0.1) is 0 Å². The van der Waals surface area contributed by atoms with E-state index < -0.39 is 0 Å². The summed E-state index contributed by atoms with van der Waals surface area (Å²) in [4.78, 5) is 1.95. The first kappa shape index (κ1) is 13.8. The average Bonchev–Trinajstić information content (AvgIpc) is 2.34. The summed E-state index contributed by atoms with van der Waals surface area (Å²) in [5, 5.41) is 18.2. The lowest BCUT2D eigenvalue weighted by molar-refractivity contribution is 0.203. The van der Waals surface area contributed by atoms with E-state index in [1.165, 1.54) is 0 Å². The van der Waals surface area contributed by atoms with Crippen LogP contribution < -0.4 is 4.90 Å². The molecule has 1 rings (SSSR count). The van der Waals surface area contributed by atoms with Gasteiger partial charge >= 0.3 is 0 Å². The Morgan fingerprint density at radius 1 is 1.47 bits per heavy atom. The number of methoxy groups -OCH3 is 1. The van der Waals surface area contributed by atoms with Gasteiger partial charge in [0.2, 0.25) is 0 Å². The van der Waals surface area contributed by atoms with E-state index in [2.05, 4.69) is 0 Å².